The molecule has 4 rings (SSSR count). The second-order valence-corrected chi connectivity index (χ2v) is 7.65. The minimum Gasteiger partial charge on any atom is -0.507 e. The van der Waals surface area contributed by atoms with E-state index in [2.05, 4.69) is 11.1 Å². The molecule has 1 heterocycles. The van der Waals surface area contributed by atoms with Crippen molar-refractivity contribution < 1.29 is 9.52 Å². The number of nitrogens with zero attached hydrogens (tertiary/aromatic N) is 2. The predicted octanol–water partition coefficient (Wildman–Crippen LogP) is 6.87. The Morgan fingerprint density at radius 3 is 2.03 bits per heavy atom. The normalized spacial score (nSPS) is 11.0. The zero-order valence-corrected chi connectivity index (χ0v) is 17.7. The largest absolute Gasteiger partial charge is 0.507 e. The maximum Gasteiger partial charge on any atom is 0.238 e. The Labute approximate surface area is 181 Å². The summed E-state index contributed by atoms with van der Waals surface area (Å²) in [6.07, 6.45) is 1.53. The van der Waals surface area contributed by atoms with E-state index in [0.717, 1.165) is 27.8 Å². The first-order valence-corrected chi connectivity index (χ1v) is 10.0. The van der Waals surface area contributed by atoms with Crippen LogP contribution in [-0.2, 0) is 0 Å². The predicted molar refractivity (Wildman–Crippen MR) is 124 cm³/mol. The highest BCUT2D eigenvalue weighted by atomic mass is 16.4. The molecule has 0 aliphatic carbocycles. The van der Waals surface area contributed by atoms with Gasteiger partial charge in [0.05, 0.1) is 0 Å². The lowest BCUT2D eigenvalue weighted by Crippen LogP contribution is -1.85. The summed E-state index contributed by atoms with van der Waals surface area (Å²) in [6, 6.07) is 23.5. The number of aromatic hydroxyl groups is 1. The van der Waals surface area contributed by atoms with Crippen LogP contribution >= 0.6 is 0 Å². The molecule has 0 atom stereocenters. The molecule has 0 fully saturated rings. The molecule has 0 radical (unpaired) electrons. The van der Waals surface area contributed by atoms with Gasteiger partial charge < -0.3 is 9.52 Å². The van der Waals surface area contributed by atoms with Crippen LogP contribution in [0.5, 0.6) is 5.75 Å². The van der Waals surface area contributed by atoms with Crippen LogP contribution in [0.3, 0.4) is 0 Å². The summed E-state index contributed by atoms with van der Waals surface area (Å²) in [6.45, 7) is 5.99. The Bertz CT molecular complexity index is 1310. The van der Waals surface area contributed by atoms with Crippen LogP contribution in [0, 0.1) is 32.1 Å². The Morgan fingerprint density at radius 2 is 1.42 bits per heavy atom. The molecule has 1 N–H and O–H groups in total. The number of hydrogen-bond donors (Lipinski definition) is 1. The van der Waals surface area contributed by atoms with E-state index in [-0.39, 0.29) is 11.6 Å². The number of rotatable bonds is 4. The molecule has 0 saturated heterocycles. The second-order valence-electron chi connectivity index (χ2n) is 7.65. The summed E-state index contributed by atoms with van der Waals surface area (Å²) in [5, 5.41) is 20.1. The molecule has 4 aromatic rings. The van der Waals surface area contributed by atoms with Gasteiger partial charge in [-0.2, -0.15) is 5.26 Å². The van der Waals surface area contributed by atoms with Crippen molar-refractivity contribution >= 4 is 12.1 Å². The van der Waals surface area contributed by atoms with Crippen molar-refractivity contribution in [3.8, 4) is 34.3 Å². The van der Waals surface area contributed by atoms with Crippen LogP contribution in [0.15, 0.2) is 76.1 Å². The fourth-order valence-corrected chi connectivity index (χ4v) is 3.42. The third kappa shape index (κ3) is 4.12. The lowest BCUT2D eigenvalue weighted by atomic mass is 9.97. The third-order valence-electron chi connectivity index (χ3n) is 5.16. The lowest BCUT2D eigenvalue weighted by molar-refractivity contribution is 0.474. The number of hydrogen-bond acceptors (Lipinski definition) is 4. The van der Waals surface area contributed by atoms with Gasteiger partial charge in [0.25, 0.3) is 0 Å². The standard InChI is InChI=1S/C27H22N2O2/c1-17-4-9-20(10-5-17)25-23(15-28)27(29-16-22-14-19(3)8-13-24(22)30)31-26(25)21-11-6-18(2)7-12-21/h4-14,16,30H,1-3H3. The van der Waals surface area contributed by atoms with Crippen molar-refractivity contribution in [2.24, 2.45) is 4.99 Å². The number of phenols is 1. The average molecular weight is 406 g/mol. The number of aryl methyl sites for hydroxylation is 3. The fourth-order valence-electron chi connectivity index (χ4n) is 3.42. The first-order valence-electron chi connectivity index (χ1n) is 10.0. The molecule has 3 aromatic carbocycles. The summed E-state index contributed by atoms with van der Waals surface area (Å²) in [7, 11) is 0. The van der Waals surface area contributed by atoms with E-state index in [4.69, 9.17) is 4.42 Å². The second kappa shape index (κ2) is 8.33. The molecule has 0 bridgehead atoms. The summed E-state index contributed by atoms with van der Waals surface area (Å²) in [5.74, 6) is 0.938. The van der Waals surface area contributed by atoms with Crippen molar-refractivity contribution in [3.05, 3.63) is 94.5 Å². The molecule has 1 aromatic heterocycles. The summed E-state index contributed by atoms with van der Waals surface area (Å²) < 4.78 is 6.14. The van der Waals surface area contributed by atoms with E-state index in [1.165, 1.54) is 6.21 Å². The Morgan fingerprint density at radius 1 is 0.839 bits per heavy atom. The van der Waals surface area contributed by atoms with Crippen LogP contribution in [0.4, 0.5) is 5.88 Å². The number of nitriles is 1. The van der Waals surface area contributed by atoms with E-state index < -0.39 is 0 Å². The Hall–Kier alpha value is -4.10. The van der Waals surface area contributed by atoms with Gasteiger partial charge in [-0.1, -0.05) is 71.3 Å². The first kappa shape index (κ1) is 20.2. The van der Waals surface area contributed by atoms with E-state index in [9.17, 15) is 10.4 Å². The molecule has 0 unspecified atom stereocenters. The van der Waals surface area contributed by atoms with E-state index in [1.807, 2.05) is 81.4 Å². The highest BCUT2D eigenvalue weighted by Gasteiger charge is 2.22. The van der Waals surface area contributed by atoms with Gasteiger partial charge in [0.15, 0.2) is 0 Å². The van der Waals surface area contributed by atoms with E-state index >= 15 is 0 Å². The third-order valence-corrected chi connectivity index (χ3v) is 5.16. The summed E-state index contributed by atoms with van der Waals surface area (Å²) in [4.78, 5) is 4.44. The maximum atomic E-state index is 10.1. The molecular weight excluding hydrogens is 384 g/mol. The molecule has 0 amide bonds. The van der Waals surface area contributed by atoms with Crippen LogP contribution in [0.25, 0.3) is 22.5 Å². The lowest BCUT2D eigenvalue weighted by Gasteiger charge is -2.05. The molecule has 152 valence electrons. The smallest absolute Gasteiger partial charge is 0.238 e. The zero-order chi connectivity index (χ0) is 22.0. The van der Waals surface area contributed by atoms with Crippen LogP contribution in [-0.4, -0.2) is 11.3 Å². The average Bonchev–Trinajstić information content (AvgIpc) is 3.14. The van der Waals surface area contributed by atoms with Crippen LogP contribution < -0.4 is 0 Å². The number of aliphatic imine (C=N–C) groups is 1. The Balaban J connectivity index is 1.90. The SMILES string of the molecule is Cc1ccc(-c2oc(N=Cc3cc(C)ccc3O)c(C#N)c2-c2ccc(C)cc2)cc1. The number of furan rings is 1. The molecule has 4 nitrogen and oxygen atoms in total. The zero-order valence-electron chi connectivity index (χ0n) is 17.7. The first-order chi connectivity index (χ1) is 15.0. The van der Waals surface area contributed by atoms with Gasteiger partial charge in [0.2, 0.25) is 5.88 Å². The highest BCUT2D eigenvalue weighted by Crippen LogP contribution is 2.42. The van der Waals surface area contributed by atoms with E-state index in [1.54, 1.807) is 6.07 Å². The monoisotopic (exact) mass is 406 g/mol. The van der Waals surface area contributed by atoms with Crippen molar-refractivity contribution in [1.29, 1.82) is 5.26 Å². The van der Waals surface area contributed by atoms with Gasteiger partial charge in [-0.05, 0) is 38.5 Å². The fraction of sp³-hybridized carbons (Fsp3) is 0.111. The molecule has 4 heteroatoms. The summed E-state index contributed by atoms with van der Waals surface area (Å²) in [5.41, 5.74) is 6.68. The van der Waals surface area contributed by atoms with Gasteiger partial charge in [0.1, 0.15) is 23.1 Å². The van der Waals surface area contributed by atoms with Crippen molar-refractivity contribution in [3.63, 3.8) is 0 Å². The van der Waals surface area contributed by atoms with Crippen LogP contribution in [0.1, 0.15) is 27.8 Å². The van der Waals surface area contributed by atoms with Gasteiger partial charge in [-0.15, -0.1) is 0 Å². The van der Waals surface area contributed by atoms with Crippen molar-refractivity contribution in [2.45, 2.75) is 20.8 Å². The van der Waals surface area contributed by atoms with Gasteiger partial charge in [-0.25, -0.2) is 4.99 Å². The van der Waals surface area contributed by atoms with Crippen molar-refractivity contribution in [1.82, 2.24) is 0 Å². The molecule has 0 spiro atoms. The van der Waals surface area contributed by atoms with Gasteiger partial charge in [-0.3, -0.25) is 0 Å². The number of phenolic OH excluding ortho intramolecular Hbond substituents is 1. The topological polar surface area (TPSA) is 69.5 Å². The molecule has 0 aliphatic heterocycles. The van der Waals surface area contributed by atoms with Crippen LogP contribution in [0.2, 0.25) is 0 Å². The molecular formula is C27H22N2O2. The van der Waals surface area contributed by atoms with Gasteiger partial charge >= 0.3 is 0 Å². The Kier molecular flexibility index (Phi) is 5.43. The molecule has 31 heavy (non-hydrogen) atoms. The highest BCUT2D eigenvalue weighted by molar-refractivity contribution is 5.90. The summed E-state index contributed by atoms with van der Waals surface area (Å²) >= 11 is 0. The molecule has 0 aliphatic rings. The quantitative estimate of drug-likeness (QED) is 0.376. The molecule has 0 saturated carbocycles. The minimum atomic E-state index is 0.122. The van der Waals surface area contributed by atoms with Crippen molar-refractivity contribution in [2.75, 3.05) is 0 Å². The minimum absolute atomic E-state index is 0.122. The maximum absolute atomic E-state index is 10.1. The number of benzene rings is 3. The van der Waals surface area contributed by atoms with E-state index in [0.29, 0.717) is 22.5 Å². The van der Waals surface area contributed by atoms with Gasteiger partial charge in [0, 0.05) is 22.9 Å².